The van der Waals surface area contributed by atoms with Crippen molar-refractivity contribution in [2.45, 2.75) is 45.6 Å². The molecular formula is C37H49N5O6. The van der Waals surface area contributed by atoms with E-state index in [1.54, 1.807) is 43.5 Å². The van der Waals surface area contributed by atoms with Crippen LogP contribution >= 0.6 is 0 Å². The maximum absolute atomic E-state index is 13.4. The lowest BCUT2D eigenvalue weighted by Crippen LogP contribution is -2.47. The first-order valence-corrected chi connectivity index (χ1v) is 16.6. The van der Waals surface area contributed by atoms with Gasteiger partial charge < -0.3 is 40.4 Å². The van der Waals surface area contributed by atoms with Gasteiger partial charge in [0, 0.05) is 56.5 Å². The molecular weight excluding hydrogens is 610 g/mol. The zero-order valence-electron chi connectivity index (χ0n) is 28.4. The van der Waals surface area contributed by atoms with Gasteiger partial charge in [0.15, 0.2) is 0 Å². The van der Waals surface area contributed by atoms with Crippen LogP contribution in [0.3, 0.4) is 0 Å². The number of anilines is 2. The summed E-state index contributed by atoms with van der Waals surface area (Å²) >= 11 is 0. The Labute approximate surface area is 283 Å². The summed E-state index contributed by atoms with van der Waals surface area (Å²) in [5.41, 5.74) is 9.12. The summed E-state index contributed by atoms with van der Waals surface area (Å²) < 4.78 is 17.3. The minimum Gasteiger partial charge on any atom is -0.493 e. The summed E-state index contributed by atoms with van der Waals surface area (Å²) in [6.45, 7) is 6.99. The maximum atomic E-state index is 13.4. The first-order valence-electron chi connectivity index (χ1n) is 16.6. The Bertz CT molecular complexity index is 1520. The molecule has 0 radical (unpaired) electrons. The molecule has 48 heavy (non-hydrogen) atoms. The number of aryl methyl sites for hydroxylation is 1. The van der Waals surface area contributed by atoms with Crippen LogP contribution in [0, 0.1) is 6.92 Å². The fourth-order valence-electron chi connectivity index (χ4n) is 5.36. The van der Waals surface area contributed by atoms with Crippen LogP contribution < -0.4 is 25.8 Å². The van der Waals surface area contributed by atoms with E-state index in [0.29, 0.717) is 72.2 Å². The number of ether oxygens (including phenoxy) is 3. The Kier molecular flexibility index (Phi) is 14.2. The molecule has 0 aliphatic carbocycles. The summed E-state index contributed by atoms with van der Waals surface area (Å²) in [6, 6.07) is 17.7. The van der Waals surface area contributed by atoms with Crippen LogP contribution in [0.4, 0.5) is 11.4 Å². The number of nitrogens with one attached hydrogen (secondary N) is 2. The van der Waals surface area contributed by atoms with E-state index in [1.807, 2.05) is 36.1 Å². The molecule has 3 amide bonds. The van der Waals surface area contributed by atoms with E-state index in [4.69, 9.17) is 19.9 Å². The van der Waals surface area contributed by atoms with Crippen LogP contribution in [-0.2, 0) is 16.1 Å². The Morgan fingerprint density at radius 3 is 2.27 bits per heavy atom. The van der Waals surface area contributed by atoms with Gasteiger partial charge in [0.05, 0.1) is 31.1 Å². The molecule has 258 valence electrons. The fraction of sp³-hybridized carbons (Fsp3) is 0.432. The van der Waals surface area contributed by atoms with E-state index in [1.165, 1.54) is 0 Å². The molecule has 0 atom stereocenters. The minimum absolute atomic E-state index is 0.186. The van der Waals surface area contributed by atoms with Crippen molar-refractivity contribution in [1.29, 1.82) is 0 Å². The molecule has 0 bridgehead atoms. The molecule has 4 rings (SSSR count). The average molecular weight is 660 g/mol. The number of likely N-dealkylation sites (N-methyl/N-ethyl adjacent to an activating group) is 1. The van der Waals surface area contributed by atoms with Crippen LogP contribution in [0.15, 0.2) is 60.7 Å². The van der Waals surface area contributed by atoms with Gasteiger partial charge in [-0.2, -0.15) is 0 Å². The molecule has 1 saturated heterocycles. The number of hydrogen-bond donors (Lipinski definition) is 3. The topological polar surface area (TPSA) is 135 Å². The number of hydrogen-bond acceptors (Lipinski definition) is 8. The quantitative estimate of drug-likeness (QED) is 0.171. The van der Waals surface area contributed by atoms with E-state index in [9.17, 15) is 14.4 Å². The molecule has 4 N–H and O–H groups in total. The van der Waals surface area contributed by atoms with Gasteiger partial charge in [-0.1, -0.05) is 18.2 Å². The standard InChI is InChI=1S/C37H49N5O6/c1-27-13-15-32(34(24-27)48-22-8-4-5-12-35(43)42-20-18-41(2)19-21-42)40-36(44)28-14-16-31(29(25-28)26-46-3)39-37(45)30-10-6-7-11-33(30)47-23-9-17-38/h6-7,10-11,13-16,24-25H,4-5,8-9,12,17-23,26,38H2,1-3H3,(H,39,45)(H,40,44). The van der Waals surface area contributed by atoms with E-state index >= 15 is 0 Å². The highest BCUT2D eigenvalue weighted by atomic mass is 16.5. The second kappa shape index (κ2) is 18.8. The van der Waals surface area contributed by atoms with Gasteiger partial charge in [0.1, 0.15) is 11.5 Å². The number of rotatable bonds is 17. The average Bonchev–Trinajstić information content (AvgIpc) is 3.08. The Balaban J connectivity index is 1.33. The molecule has 0 saturated carbocycles. The largest absolute Gasteiger partial charge is 0.493 e. The molecule has 3 aromatic carbocycles. The number of amides is 3. The summed E-state index contributed by atoms with van der Waals surface area (Å²) in [4.78, 5) is 43.3. The molecule has 3 aromatic rings. The van der Waals surface area contributed by atoms with Gasteiger partial charge in [-0.15, -0.1) is 0 Å². The van der Waals surface area contributed by atoms with E-state index in [2.05, 4.69) is 22.6 Å². The molecule has 1 fully saturated rings. The first-order chi connectivity index (χ1) is 23.3. The van der Waals surface area contributed by atoms with E-state index in [0.717, 1.165) is 51.0 Å². The van der Waals surface area contributed by atoms with Gasteiger partial charge >= 0.3 is 0 Å². The van der Waals surface area contributed by atoms with E-state index < -0.39 is 0 Å². The number of para-hydroxylation sites is 1. The molecule has 1 aliphatic heterocycles. The van der Waals surface area contributed by atoms with Crippen LogP contribution in [0.5, 0.6) is 11.5 Å². The lowest BCUT2D eigenvalue weighted by molar-refractivity contribution is -0.132. The molecule has 1 aliphatic rings. The highest BCUT2D eigenvalue weighted by molar-refractivity contribution is 6.08. The van der Waals surface area contributed by atoms with Gasteiger partial charge in [-0.25, -0.2) is 0 Å². The lowest BCUT2D eigenvalue weighted by atomic mass is 10.1. The number of unbranched alkanes of at least 4 members (excludes halogenated alkanes) is 2. The molecule has 0 spiro atoms. The fourth-order valence-corrected chi connectivity index (χ4v) is 5.36. The molecule has 0 unspecified atom stereocenters. The van der Waals surface area contributed by atoms with Gasteiger partial charge in [-0.05, 0) is 94.2 Å². The smallest absolute Gasteiger partial charge is 0.259 e. The number of benzene rings is 3. The van der Waals surface area contributed by atoms with Crippen molar-refractivity contribution >= 4 is 29.1 Å². The van der Waals surface area contributed by atoms with Crippen molar-refractivity contribution in [3.63, 3.8) is 0 Å². The molecule has 0 aromatic heterocycles. The molecule has 11 nitrogen and oxygen atoms in total. The van der Waals surface area contributed by atoms with Gasteiger partial charge in [0.25, 0.3) is 11.8 Å². The zero-order chi connectivity index (χ0) is 34.3. The lowest BCUT2D eigenvalue weighted by Gasteiger charge is -2.32. The van der Waals surface area contributed by atoms with Gasteiger partial charge in [-0.3, -0.25) is 14.4 Å². The Morgan fingerprint density at radius 2 is 1.50 bits per heavy atom. The third kappa shape index (κ3) is 10.8. The number of carbonyl (C=O) groups is 3. The number of nitrogens with zero attached hydrogens (tertiary/aromatic N) is 2. The number of piperazine rings is 1. The highest BCUT2D eigenvalue weighted by Gasteiger charge is 2.19. The Morgan fingerprint density at radius 1 is 0.792 bits per heavy atom. The second-order valence-electron chi connectivity index (χ2n) is 12.0. The summed E-state index contributed by atoms with van der Waals surface area (Å²) in [7, 11) is 3.64. The monoisotopic (exact) mass is 659 g/mol. The zero-order valence-corrected chi connectivity index (χ0v) is 28.4. The van der Waals surface area contributed by atoms with Crippen molar-refractivity contribution in [2.24, 2.45) is 5.73 Å². The van der Waals surface area contributed by atoms with Crippen molar-refractivity contribution in [2.75, 3.05) is 70.7 Å². The van der Waals surface area contributed by atoms with Gasteiger partial charge in [0.2, 0.25) is 5.91 Å². The van der Waals surface area contributed by atoms with Crippen LogP contribution in [-0.4, -0.2) is 87.6 Å². The number of methoxy groups -OCH3 is 1. The maximum Gasteiger partial charge on any atom is 0.259 e. The van der Waals surface area contributed by atoms with Crippen LogP contribution in [0.25, 0.3) is 0 Å². The Hall–Kier alpha value is -4.45. The molecule has 11 heteroatoms. The highest BCUT2D eigenvalue weighted by Crippen LogP contribution is 2.28. The summed E-state index contributed by atoms with van der Waals surface area (Å²) in [6.07, 6.45) is 3.73. The predicted octanol–water partition coefficient (Wildman–Crippen LogP) is 5.09. The van der Waals surface area contributed by atoms with E-state index in [-0.39, 0.29) is 24.3 Å². The third-order valence-electron chi connectivity index (χ3n) is 8.19. The van der Waals surface area contributed by atoms with Crippen LogP contribution in [0.2, 0.25) is 0 Å². The summed E-state index contributed by atoms with van der Waals surface area (Å²) in [5.74, 6) is 0.632. The molecule has 1 heterocycles. The first kappa shape index (κ1) is 36.4. The third-order valence-corrected chi connectivity index (χ3v) is 8.19. The second-order valence-corrected chi connectivity index (χ2v) is 12.0. The number of carbonyl (C=O) groups excluding carboxylic acids is 3. The number of nitrogens with two attached hydrogens (primary N) is 1. The van der Waals surface area contributed by atoms with Crippen molar-refractivity contribution < 1.29 is 28.6 Å². The van der Waals surface area contributed by atoms with Crippen molar-refractivity contribution in [3.8, 4) is 11.5 Å². The SMILES string of the molecule is COCc1cc(C(=O)Nc2ccc(C)cc2OCCCCCC(=O)N2CCN(C)CC2)ccc1NC(=O)c1ccccc1OCCCN. The van der Waals surface area contributed by atoms with Crippen molar-refractivity contribution in [1.82, 2.24) is 9.80 Å². The summed E-state index contributed by atoms with van der Waals surface area (Å²) in [5, 5.41) is 5.91. The van der Waals surface area contributed by atoms with Crippen LogP contribution in [0.1, 0.15) is 63.9 Å². The normalized spacial score (nSPS) is 13.2. The minimum atomic E-state index is -0.337. The predicted molar refractivity (Wildman–Crippen MR) is 188 cm³/mol. The van der Waals surface area contributed by atoms with Crippen molar-refractivity contribution in [3.05, 3.63) is 82.9 Å².